The second-order valence-corrected chi connectivity index (χ2v) is 8.12. The minimum Gasteiger partial charge on any atom is -0.497 e. The van der Waals surface area contributed by atoms with Crippen LogP contribution in [-0.4, -0.2) is 31.5 Å². The van der Waals surface area contributed by atoms with Gasteiger partial charge in [-0.1, -0.05) is 11.8 Å². The van der Waals surface area contributed by atoms with Gasteiger partial charge in [0.15, 0.2) is 0 Å². The van der Waals surface area contributed by atoms with Crippen LogP contribution in [0.4, 0.5) is 0 Å². The normalized spacial score (nSPS) is 12.8. The summed E-state index contributed by atoms with van der Waals surface area (Å²) in [6, 6.07) is 10.1. The van der Waals surface area contributed by atoms with Gasteiger partial charge in [0.25, 0.3) is 0 Å². The van der Waals surface area contributed by atoms with E-state index >= 15 is 0 Å². The molecule has 4 nitrogen and oxygen atoms in total. The molecule has 3 N–H and O–H groups in total. The largest absolute Gasteiger partial charge is 0.497 e. The molecule has 0 aliphatic heterocycles. The Hall–Kier alpha value is -2.00. The molecule has 1 atom stereocenters. The first-order valence-electron chi connectivity index (χ1n) is 9.15. The van der Waals surface area contributed by atoms with Crippen molar-refractivity contribution in [2.45, 2.75) is 44.6 Å². The van der Waals surface area contributed by atoms with Gasteiger partial charge in [0.05, 0.1) is 25.7 Å². The fourth-order valence-electron chi connectivity index (χ4n) is 2.61. The number of methoxy groups -OCH3 is 2. The molecule has 0 aliphatic rings. The molecule has 0 saturated carbocycles. The van der Waals surface area contributed by atoms with Crippen molar-refractivity contribution in [3.63, 3.8) is 0 Å². The summed E-state index contributed by atoms with van der Waals surface area (Å²) in [5.41, 5.74) is 6.66. The van der Waals surface area contributed by atoms with E-state index in [1.807, 2.05) is 25.1 Å². The minimum atomic E-state index is -0.515. The Morgan fingerprint density at radius 1 is 1.11 bits per heavy atom. The number of ether oxygens (including phenoxy) is 2. The highest BCUT2D eigenvalue weighted by Crippen LogP contribution is 2.23. The van der Waals surface area contributed by atoms with E-state index in [9.17, 15) is 5.11 Å². The fraction of sp³-hybridized carbons (Fsp3) is 0.455. The molecule has 0 saturated heterocycles. The molecule has 1 aromatic heterocycles. The standard InChI is InChI=1S/C22H29NO3S/c1-22(23,16-24)12-11-21-10-9-20(27-21)8-6-4-5-7-17-13-18(25-2)15-19(14-17)26-3/h9-10,13-15,24H,4-5,7,11-12,16,23H2,1-3H3. The molecule has 2 rings (SSSR count). The lowest BCUT2D eigenvalue weighted by atomic mass is 9.98. The molecule has 0 radical (unpaired) electrons. The Balaban J connectivity index is 1.81. The lowest BCUT2D eigenvalue weighted by Crippen LogP contribution is -2.40. The summed E-state index contributed by atoms with van der Waals surface area (Å²) in [6.45, 7) is 1.88. The third-order valence-electron chi connectivity index (χ3n) is 4.36. The summed E-state index contributed by atoms with van der Waals surface area (Å²) in [7, 11) is 3.33. The maximum absolute atomic E-state index is 9.23. The lowest BCUT2D eigenvalue weighted by molar-refractivity contribution is 0.201. The van der Waals surface area contributed by atoms with Crippen molar-refractivity contribution in [1.82, 2.24) is 0 Å². The zero-order valence-corrected chi connectivity index (χ0v) is 17.2. The van der Waals surface area contributed by atoms with Crippen molar-refractivity contribution in [1.29, 1.82) is 0 Å². The van der Waals surface area contributed by atoms with E-state index in [4.69, 9.17) is 15.2 Å². The molecule has 5 heteroatoms. The maximum Gasteiger partial charge on any atom is 0.122 e. The summed E-state index contributed by atoms with van der Waals surface area (Å²) >= 11 is 1.70. The average molecular weight is 388 g/mol. The van der Waals surface area contributed by atoms with E-state index in [1.54, 1.807) is 25.6 Å². The number of thiophene rings is 1. The van der Waals surface area contributed by atoms with Crippen molar-refractivity contribution < 1.29 is 14.6 Å². The van der Waals surface area contributed by atoms with Crippen LogP contribution in [0.15, 0.2) is 30.3 Å². The van der Waals surface area contributed by atoms with Crippen LogP contribution in [0.3, 0.4) is 0 Å². The quantitative estimate of drug-likeness (QED) is 0.508. The van der Waals surface area contributed by atoms with Gasteiger partial charge in [-0.15, -0.1) is 11.3 Å². The topological polar surface area (TPSA) is 64.7 Å². The Bertz CT molecular complexity index is 764. The second-order valence-electron chi connectivity index (χ2n) is 6.95. The molecular weight excluding hydrogens is 358 g/mol. The van der Waals surface area contributed by atoms with Gasteiger partial charge >= 0.3 is 0 Å². The SMILES string of the molecule is COc1cc(CCCC#Cc2ccc(CCC(C)(N)CO)s2)cc(OC)c1. The van der Waals surface area contributed by atoms with Gasteiger partial charge in [-0.25, -0.2) is 0 Å². The number of aliphatic hydroxyl groups excluding tert-OH is 1. The number of nitrogens with two attached hydrogens (primary N) is 1. The summed E-state index contributed by atoms with van der Waals surface area (Å²) in [4.78, 5) is 2.34. The summed E-state index contributed by atoms with van der Waals surface area (Å²) in [6.07, 6.45) is 4.41. The minimum absolute atomic E-state index is 0.00417. The second kappa shape index (κ2) is 10.4. The van der Waals surface area contributed by atoms with E-state index in [0.29, 0.717) is 0 Å². The molecule has 1 unspecified atom stereocenters. The van der Waals surface area contributed by atoms with Crippen LogP contribution in [0.1, 0.15) is 41.5 Å². The number of unbranched alkanes of at least 4 members (excludes halogenated alkanes) is 1. The number of aryl methyl sites for hydroxylation is 2. The molecule has 1 heterocycles. The van der Waals surface area contributed by atoms with Crippen LogP contribution < -0.4 is 15.2 Å². The Labute approximate surface area is 166 Å². The first-order valence-corrected chi connectivity index (χ1v) is 9.96. The van der Waals surface area contributed by atoms with Crippen LogP contribution >= 0.6 is 11.3 Å². The predicted octanol–water partition coefficient (Wildman–Crippen LogP) is 3.78. The van der Waals surface area contributed by atoms with Gasteiger partial charge in [0, 0.05) is 22.9 Å². The van der Waals surface area contributed by atoms with Crippen molar-refractivity contribution in [2.24, 2.45) is 5.73 Å². The van der Waals surface area contributed by atoms with Crippen LogP contribution in [0.5, 0.6) is 11.5 Å². The number of hydrogen-bond acceptors (Lipinski definition) is 5. The fourth-order valence-corrected chi connectivity index (χ4v) is 3.49. The van der Waals surface area contributed by atoms with Gasteiger partial charge in [0.1, 0.15) is 11.5 Å². The zero-order chi connectivity index (χ0) is 19.7. The Morgan fingerprint density at radius 2 is 1.81 bits per heavy atom. The Kier molecular flexibility index (Phi) is 8.18. The van der Waals surface area contributed by atoms with Crippen LogP contribution in [0.2, 0.25) is 0 Å². The highest BCUT2D eigenvalue weighted by Gasteiger charge is 2.16. The molecule has 0 aliphatic carbocycles. The van der Waals surface area contributed by atoms with E-state index in [1.165, 1.54) is 10.4 Å². The van der Waals surface area contributed by atoms with Gasteiger partial charge in [0.2, 0.25) is 0 Å². The monoisotopic (exact) mass is 387 g/mol. The Morgan fingerprint density at radius 3 is 2.44 bits per heavy atom. The van der Waals surface area contributed by atoms with Crippen LogP contribution in [0, 0.1) is 11.8 Å². The van der Waals surface area contributed by atoms with Crippen molar-refractivity contribution in [3.05, 3.63) is 45.6 Å². The number of aliphatic hydroxyl groups is 1. The number of hydrogen-bond donors (Lipinski definition) is 2. The molecule has 0 spiro atoms. The lowest BCUT2D eigenvalue weighted by Gasteiger charge is -2.20. The third-order valence-corrected chi connectivity index (χ3v) is 5.42. The highest BCUT2D eigenvalue weighted by atomic mass is 32.1. The highest BCUT2D eigenvalue weighted by molar-refractivity contribution is 7.12. The molecule has 0 amide bonds. The number of rotatable bonds is 9. The zero-order valence-electron chi connectivity index (χ0n) is 16.4. The molecule has 0 fully saturated rings. The van der Waals surface area contributed by atoms with Crippen LogP contribution in [0.25, 0.3) is 0 Å². The van der Waals surface area contributed by atoms with Crippen molar-refractivity contribution >= 4 is 11.3 Å². The number of benzene rings is 1. The molecule has 1 aromatic carbocycles. The van der Waals surface area contributed by atoms with Crippen molar-refractivity contribution in [3.8, 4) is 23.3 Å². The molecule has 27 heavy (non-hydrogen) atoms. The van der Waals surface area contributed by atoms with Crippen molar-refractivity contribution in [2.75, 3.05) is 20.8 Å². The molecular formula is C22H29NO3S. The van der Waals surface area contributed by atoms with E-state index in [2.05, 4.69) is 24.0 Å². The van der Waals surface area contributed by atoms with E-state index in [-0.39, 0.29) is 6.61 Å². The van der Waals surface area contributed by atoms with Crippen LogP contribution in [-0.2, 0) is 12.8 Å². The molecule has 0 bridgehead atoms. The maximum atomic E-state index is 9.23. The first kappa shape index (κ1) is 21.3. The van der Waals surface area contributed by atoms with Gasteiger partial charge in [-0.05, 0) is 62.4 Å². The molecule has 2 aromatic rings. The molecule has 146 valence electrons. The summed E-state index contributed by atoms with van der Waals surface area (Å²) in [5, 5.41) is 9.23. The van der Waals surface area contributed by atoms with E-state index in [0.717, 1.165) is 48.5 Å². The third kappa shape index (κ3) is 7.26. The smallest absolute Gasteiger partial charge is 0.122 e. The van der Waals surface area contributed by atoms with Gasteiger partial charge in [-0.2, -0.15) is 0 Å². The first-order chi connectivity index (χ1) is 13.0. The average Bonchev–Trinajstić information content (AvgIpc) is 3.13. The van der Waals surface area contributed by atoms with Gasteiger partial charge in [-0.3, -0.25) is 0 Å². The predicted molar refractivity (Wildman–Crippen MR) is 112 cm³/mol. The van der Waals surface area contributed by atoms with Gasteiger partial charge < -0.3 is 20.3 Å². The summed E-state index contributed by atoms with van der Waals surface area (Å²) in [5.74, 6) is 8.14. The summed E-state index contributed by atoms with van der Waals surface area (Å²) < 4.78 is 10.6. The van der Waals surface area contributed by atoms with E-state index < -0.39 is 5.54 Å².